The molecule has 0 saturated heterocycles. The van der Waals surface area contributed by atoms with E-state index in [9.17, 15) is 21.6 Å². The number of fused-ring (bicyclic) bond motifs is 1. The highest BCUT2D eigenvalue weighted by Gasteiger charge is 2.46. The molecule has 10 nitrogen and oxygen atoms in total. The molecule has 0 bridgehead atoms. The zero-order valence-corrected chi connectivity index (χ0v) is 38.2. The van der Waals surface area contributed by atoms with Gasteiger partial charge in [0.25, 0.3) is 10.0 Å². The fourth-order valence-electron chi connectivity index (χ4n) is 7.83. The lowest BCUT2D eigenvalue weighted by molar-refractivity contribution is -0.144. The zero-order chi connectivity index (χ0) is 44.5. The van der Waals surface area contributed by atoms with Crippen LogP contribution in [0.1, 0.15) is 71.4 Å². The van der Waals surface area contributed by atoms with E-state index < -0.39 is 47.2 Å². The van der Waals surface area contributed by atoms with Crippen LogP contribution >= 0.6 is 15.9 Å². The number of nitrogens with zero attached hydrogens (tertiary/aromatic N) is 3. The molecule has 0 spiro atoms. The van der Waals surface area contributed by atoms with Crippen molar-refractivity contribution in [3.63, 3.8) is 0 Å². The number of hydrogen-bond donors (Lipinski definition) is 0. The molecule has 2 heterocycles. The molecule has 0 radical (unpaired) electrons. The summed E-state index contributed by atoms with van der Waals surface area (Å²) in [6.07, 6.45) is 8.16. The first kappa shape index (κ1) is 45.7. The van der Waals surface area contributed by atoms with Gasteiger partial charge in [-0.3, -0.25) is 9.48 Å². The molecule has 2 aromatic heterocycles. The van der Waals surface area contributed by atoms with Crippen molar-refractivity contribution in [2.45, 2.75) is 77.0 Å². The first-order chi connectivity index (χ1) is 28.6. The third kappa shape index (κ3) is 9.63. The van der Waals surface area contributed by atoms with Crippen LogP contribution < -0.4 is 4.74 Å². The molecule has 3 aromatic carbocycles. The van der Waals surface area contributed by atoms with E-state index >= 15 is 8.78 Å². The number of allylic oxidation sites excluding steroid dienone is 3. The summed E-state index contributed by atoms with van der Waals surface area (Å²) in [4.78, 5) is 12.3. The largest absolute Gasteiger partial charge is 0.469 e. The second-order valence-corrected chi connectivity index (χ2v) is 21.9. The van der Waals surface area contributed by atoms with E-state index in [1.165, 1.54) is 38.4 Å². The van der Waals surface area contributed by atoms with E-state index in [1.54, 1.807) is 53.4 Å². The van der Waals surface area contributed by atoms with E-state index in [4.69, 9.17) is 14.6 Å². The quantitative estimate of drug-likeness (QED) is 0.0844. The highest BCUT2D eigenvalue weighted by molar-refractivity contribution is 9.11. The average molecular weight is 939 g/mol. The fraction of sp³-hybridized carbons (Fsp3) is 0.348. The first-order valence-corrected chi connectivity index (χ1v) is 23.7. The van der Waals surface area contributed by atoms with Gasteiger partial charge in [0.05, 0.1) is 35.5 Å². The zero-order valence-electron chi connectivity index (χ0n) is 35.0. The molecule has 0 saturated carbocycles. The van der Waals surface area contributed by atoms with Crippen molar-refractivity contribution in [1.29, 1.82) is 0 Å². The van der Waals surface area contributed by atoms with Crippen LogP contribution in [0.15, 0.2) is 120 Å². The number of methoxy groups -OCH3 is 1. The van der Waals surface area contributed by atoms with Crippen molar-refractivity contribution in [3.8, 4) is 22.8 Å². The number of esters is 1. The van der Waals surface area contributed by atoms with Gasteiger partial charge in [-0.2, -0.15) is 5.10 Å². The minimum Gasteiger partial charge on any atom is -0.469 e. The summed E-state index contributed by atoms with van der Waals surface area (Å²) in [6, 6.07) is 20.4. The van der Waals surface area contributed by atoms with Gasteiger partial charge in [0.15, 0.2) is 9.84 Å². The number of ether oxygens (including phenoxy) is 2. The van der Waals surface area contributed by atoms with Crippen LogP contribution in [0.4, 0.5) is 8.78 Å². The van der Waals surface area contributed by atoms with Crippen LogP contribution in [0.3, 0.4) is 0 Å². The molecule has 0 fully saturated rings. The lowest BCUT2D eigenvalue weighted by atomic mass is 9.82. The van der Waals surface area contributed by atoms with Crippen LogP contribution in [0.25, 0.3) is 22.2 Å². The molecule has 324 valence electrons. The first-order valence-electron chi connectivity index (χ1n) is 19.8. The van der Waals surface area contributed by atoms with E-state index in [0.717, 1.165) is 20.5 Å². The standard InChI is InChI=1S/C46H50BrF2N3O7S2/c1-8-60(54,55)30-44(3,4)20-10-21-45(5,34-12-9-11-32(26-34)25-31(2)43(53)58-7)52-24-19-40(50-52)38-29-37(13-15-39(38)48)59-36-14-16-41-33(27-36)18-23-51(41)61(56,57)46(6)22-17-35(47)28-42(46)49/h8-9,11-19,23-24,26-29,31H,1,10,20-22,25,30H2,2-7H3/t31-,45?,46?/m1/s1. The van der Waals surface area contributed by atoms with Gasteiger partial charge in [-0.25, -0.2) is 29.6 Å². The molecule has 0 aliphatic heterocycles. The van der Waals surface area contributed by atoms with E-state index in [2.05, 4.69) is 22.5 Å². The van der Waals surface area contributed by atoms with Crippen LogP contribution in [0, 0.1) is 17.2 Å². The van der Waals surface area contributed by atoms with Crippen molar-refractivity contribution in [2.75, 3.05) is 12.9 Å². The van der Waals surface area contributed by atoms with Gasteiger partial charge in [-0.05, 0) is 111 Å². The second-order valence-electron chi connectivity index (χ2n) is 16.8. The normalized spacial score (nSPS) is 17.6. The molecule has 15 heteroatoms. The van der Waals surface area contributed by atoms with E-state index in [1.807, 2.05) is 52.0 Å². The highest BCUT2D eigenvalue weighted by Crippen LogP contribution is 2.41. The van der Waals surface area contributed by atoms with Gasteiger partial charge in [0.2, 0.25) is 0 Å². The molecule has 6 rings (SSSR count). The molecule has 61 heavy (non-hydrogen) atoms. The molecule has 1 aliphatic carbocycles. The Morgan fingerprint density at radius 2 is 1.72 bits per heavy atom. The molecule has 0 N–H and O–H groups in total. The van der Waals surface area contributed by atoms with Gasteiger partial charge >= 0.3 is 5.97 Å². The highest BCUT2D eigenvalue weighted by atomic mass is 79.9. The molecule has 1 aliphatic rings. The Kier molecular flexibility index (Phi) is 13.1. The number of aromatic nitrogens is 3. The monoisotopic (exact) mass is 937 g/mol. The van der Waals surface area contributed by atoms with Gasteiger partial charge < -0.3 is 9.47 Å². The Morgan fingerprint density at radius 1 is 1.00 bits per heavy atom. The average Bonchev–Trinajstić information content (AvgIpc) is 3.88. The van der Waals surface area contributed by atoms with Crippen molar-refractivity contribution in [3.05, 3.63) is 137 Å². The lowest BCUT2D eigenvalue weighted by Crippen LogP contribution is -2.40. The number of sulfone groups is 1. The van der Waals surface area contributed by atoms with E-state index in [-0.39, 0.29) is 29.6 Å². The Balaban J connectivity index is 1.28. The molecule has 3 atom stereocenters. The third-order valence-corrected chi connectivity index (χ3v) is 16.1. The summed E-state index contributed by atoms with van der Waals surface area (Å²) in [7, 11) is -6.28. The maximum absolute atomic E-state index is 15.7. The summed E-state index contributed by atoms with van der Waals surface area (Å²) < 4.78 is 95.9. The van der Waals surface area contributed by atoms with Crippen molar-refractivity contribution in [2.24, 2.45) is 11.3 Å². The number of hydrogen-bond acceptors (Lipinski definition) is 8. The summed E-state index contributed by atoms with van der Waals surface area (Å²) >= 11 is 3.22. The predicted molar refractivity (Wildman–Crippen MR) is 239 cm³/mol. The molecule has 5 aromatic rings. The summed E-state index contributed by atoms with van der Waals surface area (Å²) in [5.41, 5.74) is 1.40. The van der Waals surface area contributed by atoms with Gasteiger partial charge in [-0.15, -0.1) is 0 Å². The molecular weight excluding hydrogens is 889 g/mol. The maximum atomic E-state index is 15.7. The Morgan fingerprint density at radius 3 is 2.43 bits per heavy atom. The second kappa shape index (κ2) is 17.5. The summed E-state index contributed by atoms with van der Waals surface area (Å²) in [6.45, 7) is 12.5. The third-order valence-electron chi connectivity index (χ3n) is 11.5. The predicted octanol–water partition coefficient (Wildman–Crippen LogP) is 10.8. The number of rotatable bonds is 17. The van der Waals surface area contributed by atoms with Crippen molar-refractivity contribution in [1.82, 2.24) is 13.8 Å². The Labute approximate surface area is 365 Å². The van der Waals surface area contributed by atoms with Crippen molar-refractivity contribution >= 4 is 52.7 Å². The minimum absolute atomic E-state index is 0.0395. The molecule has 0 amide bonds. The van der Waals surface area contributed by atoms with Gasteiger partial charge in [0, 0.05) is 33.2 Å². The minimum atomic E-state index is -4.21. The van der Waals surface area contributed by atoms with E-state index in [0.29, 0.717) is 58.3 Å². The van der Waals surface area contributed by atoms with Crippen LogP contribution in [0.5, 0.6) is 11.5 Å². The number of carbonyl (C=O) groups excluding carboxylic acids is 1. The fourth-order valence-corrected chi connectivity index (χ4v) is 11.2. The molecular formula is C46H50BrF2N3O7S2. The molecule has 2 unspecified atom stereocenters. The Bertz CT molecular complexity index is 2780. The summed E-state index contributed by atoms with van der Waals surface area (Å²) in [5.74, 6) is -1.34. The topological polar surface area (TPSA) is 127 Å². The van der Waals surface area contributed by atoms with Gasteiger partial charge in [-0.1, -0.05) is 80.0 Å². The van der Waals surface area contributed by atoms with Crippen LogP contribution in [-0.4, -0.2) is 54.2 Å². The van der Waals surface area contributed by atoms with Crippen LogP contribution in [0.2, 0.25) is 0 Å². The number of halogens is 3. The maximum Gasteiger partial charge on any atom is 0.308 e. The lowest BCUT2D eigenvalue weighted by Gasteiger charge is -2.33. The SMILES string of the molecule is C=CS(=O)(=O)CC(C)(C)CCCC(C)(c1cccc(C[C@@H](C)C(=O)OC)c1)n1ccc(-c2cc(Oc3ccc4c(ccn4S(=O)(=O)C4(C)CC=C(Br)C=C4F)c3)ccc2F)n1. The van der Waals surface area contributed by atoms with Crippen molar-refractivity contribution < 1.29 is 39.9 Å². The smallest absolute Gasteiger partial charge is 0.308 e. The van der Waals surface area contributed by atoms with Gasteiger partial charge in [0.1, 0.15) is 27.9 Å². The summed E-state index contributed by atoms with van der Waals surface area (Å²) in [5, 5.41) is 6.45. The number of benzene rings is 3. The van der Waals surface area contributed by atoms with Crippen LogP contribution in [-0.2, 0) is 41.4 Å². The Hall–Kier alpha value is -4.86. The number of carbonyl (C=O) groups is 1.